The van der Waals surface area contributed by atoms with Gasteiger partial charge in [0.2, 0.25) is 0 Å². The van der Waals surface area contributed by atoms with Crippen molar-refractivity contribution in [1.29, 1.82) is 0 Å². The van der Waals surface area contributed by atoms with E-state index in [0.717, 1.165) is 34.8 Å². The van der Waals surface area contributed by atoms with Crippen molar-refractivity contribution in [3.63, 3.8) is 0 Å². The molecule has 4 rings (SSSR count). The van der Waals surface area contributed by atoms with Gasteiger partial charge in [0, 0.05) is 31.9 Å². The zero-order valence-corrected chi connectivity index (χ0v) is 16.5. The molecule has 1 N–H and O–H groups in total. The van der Waals surface area contributed by atoms with E-state index in [2.05, 4.69) is 48.3 Å². The highest BCUT2D eigenvalue weighted by Gasteiger charge is 2.43. The molecule has 27 heavy (non-hydrogen) atoms. The minimum absolute atomic E-state index is 0.0367. The molecule has 0 amide bonds. The van der Waals surface area contributed by atoms with Crippen molar-refractivity contribution in [2.24, 2.45) is 16.3 Å². The first kappa shape index (κ1) is 17.8. The molecule has 0 spiro atoms. The van der Waals surface area contributed by atoms with Gasteiger partial charge in [-0.2, -0.15) is 0 Å². The van der Waals surface area contributed by atoms with Crippen LogP contribution in [0.2, 0.25) is 0 Å². The molecule has 140 valence electrons. The Morgan fingerprint density at radius 3 is 2.44 bits per heavy atom. The molecule has 2 aromatic rings. The number of nitrogens with zero attached hydrogens (tertiary/aromatic N) is 2. The van der Waals surface area contributed by atoms with Crippen LogP contribution in [-0.4, -0.2) is 25.6 Å². The van der Waals surface area contributed by atoms with Gasteiger partial charge >= 0.3 is 0 Å². The SMILES string of the molecule is CN(C)c1ccc([C@H]2Nc3ccccc3N=C3CC(C)(C)CC(=O)C32)cc1. The molecule has 1 heterocycles. The van der Waals surface area contributed by atoms with Gasteiger partial charge in [0.05, 0.1) is 23.3 Å². The number of aliphatic imine (C=N–C) groups is 1. The lowest BCUT2D eigenvalue weighted by molar-refractivity contribution is -0.124. The summed E-state index contributed by atoms with van der Waals surface area (Å²) < 4.78 is 0. The summed E-state index contributed by atoms with van der Waals surface area (Å²) in [5.74, 6) is 0.0719. The molecule has 1 aliphatic heterocycles. The van der Waals surface area contributed by atoms with E-state index in [-0.39, 0.29) is 23.2 Å². The first-order chi connectivity index (χ1) is 12.8. The number of anilines is 2. The molecule has 2 atom stereocenters. The van der Waals surface area contributed by atoms with Gasteiger partial charge in [-0.25, -0.2) is 0 Å². The maximum atomic E-state index is 13.2. The Balaban J connectivity index is 1.81. The first-order valence-corrected chi connectivity index (χ1v) is 9.57. The lowest BCUT2D eigenvalue weighted by Gasteiger charge is -2.37. The Labute approximate surface area is 161 Å². The van der Waals surface area contributed by atoms with Crippen molar-refractivity contribution in [2.45, 2.75) is 32.7 Å². The normalized spacial score (nSPS) is 23.4. The van der Waals surface area contributed by atoms with Crippen molar-refractivity contribution >= 4 is 28.6 Å². The standard InChI is InChI=1S/C23H27N3O/c1-23(2)13-19-21(20(27)14-23)22(15-9-11-16(12-10-15)26(3)4)25-18-8-6-5-7-17(18)24-19/h5-12,21-22,25H,13-14H2,1-4H3/t21?,22-/m1/s1. The van der Waals surface area contributed by atoms with Gasteiger partial charge in [-0.15, -0.1) is 0 Å². The Hall–Kier alpha value is -2.62. The molecule has 2 aromatic carbocycles. The third-order valence-corrected chi connectivity index (χ3v) is 5.60. The molecule has 1 aliphatic carbocycles. The Bertz CT molecular complexity index is 896. The molecule has 4 heteroatoms. The summed E-state index contributed by atoms with van der Waals surface area (Å²) >= 11 is 0. The molecule has 4 nitrogen and oxygen atoms in total. The zero-order chi connectivity index (χ0) is 19.2. The molecular formula is C23H27N3O. The predicted molar refractivity (Wildman–Crippen MR) is 112 cm³/mol. The van der Waals surface area contributed by atoms with E-state index in [1.54, 1.807) is 0 Å². The smallest absolute Gasteiger partial charge is 0.144 e. The van der Waals surface area contributed by atoms with Crippen LogP contribution in [0.3, 0.4) is 0 Å². The molecule has 0 saturated heterocycles. The summed E-state index contributed by atoms with van der Waals surface area (Å²) in [5, 5.41) is 3.63. The van der Waals surface area contributed by atoms with Crippen LogP contribution in [-0.2, 0) is 4.79 Å². The molecule has 1 fully saturated rings. The number of carbonyl (C=O) groups is 1. The number of hydrogen-bond donors (Lipinski definition) is 1. The van der Waals surface area contributed by atoms with Gasteiger partial charge in [0.1, 0.15) is 5.78 Å². The highest BCUT2D eigenvalue weighted by molar-refractivity contribution is 6.10. The molecule has 0 radical (unpaired) electrons. The van der Waals surface area contributed by atoms with E-state index < -0.39 is 0 Å². The maximum Gasteiger partial charge on any atom is 0.144 e. The van der Waals surface area contributed by atoms with E-state index in [4.69, 9.17) is 4.99 Å². The van der Waals surface area contributed by atoms with Gasteiger partial charge in [0.25, 0.3) is 0 Å². The molecule has 2 aliphatic rings. The minimum atomic E-state index is -0.212. The Kier molecular flexibility index (Phi) is 4.29. The van der Waals surface area contributed by atoms with E-state index in [1.165, 1.54) is 0 Å². The highest BCUT2D eigenvalue weighted by Crippen LogP contribution is 2.45. The van der Waals surface area contributed by atoms with Gasteiger partial charge in [-0.1, -0.05) is 38.1 Å². The van der Waals surface area contributed by atoms with E-state index in [9.17, 15) is 4.79 Å². The molecular weight excluding hydrogens is 334 g/mol. The second-order valence-electron chi connectivity index (χ2n) is 8.69. The van der Waals surface area contributed by atoms with Crippen molar-refractivity contribution in [3.8, 4) is 0 Å². The quantitative estimate of drug-likeness (QED) is 0.819. The van der Waals surface area contributed by atoms with Gasteiger partial charge in [0.15, 0.2) is 0 Å². The summed E-state index contributed by atoms with van der Waals surface area (Å²) in [7, 11) is 4.07. The topological polar surface area (TPSA) is 44.7 Å². The van der Waals surface area contributed by atoms with Crippen molar-refractivity contribution < 1.29 is 4.79 Å². The van der Waals surface area contributed by atoms with Crippen LogP contribution in [0.15, 0.2) is 53.5 Å². The van der Waals surface area contributed by atoms with Crippen molar-refractivity contribution in [1.82, 2.24) is 0 Å². The molecule has 0 aromatic heterocycles. The number of nitrogens with one attached hydrogen (secondary N) is 1. The van der Waals surface area contributed by atoms with Crippen molar-refractivity contribution in [2.75, 3.05) is 24.3 Å². The van der Waals surface area contributed by atoms with Gasteiger partial charge in [-0.3, -0.25) is 9.79 Å². The molecule has 0 bridgehead atoms. The molecule has 1 unspecified atom stereocenters. The first-order valence-electron chi connectivity index (χ1n) is 9.57. The number of para-hydroxylation sites is 2. The average Bonchev–Trinajstić information content (AvgIpc) is 2.77. The number of Topliss-reactive ketones (excluding diaryl/α,β-unsaturated/α-hetero) is 1. The fraction of sp³-hybridized carbons (Fsp3) is 0.391. The maximum absolute atomic E-state index is 13.2. The van der Waals surface area contributed by atoms with Crippen LogP contribution < -0.4 is 10.2 Å². The number of fused-ring (bicyclic) bond motifs is 2. The monoisotopic (exact) mass is 361 g/mol. The number of ketones is 1. The molecule has 1 saturated carbocycles. The minimum Gasteiger partial charge on any atom is -0.378 e. The summed E-state index contributed by atoms with van der Waals surface area (Å²) in [5.41, 5.74) is 5.17. The van der Waals surface area contributed by atoms with Gasteiger partial charge < -0.3 is 10.2 Å². The van der Waals surface area contributed by atoms with Crippen molar-refractivity contribution in [3.05, 3.63) is 54.1 Å². The van der Waals surface area contributed by atoms with Crippen LogP contribution in [0.1, 0.15) is 38.3 Å². The lowest BCUT2D eigenvalue weighted by Crippen LogP contribution is -2.42. The van der Waals surface area contributed by atoms with E-state index >= 15 is 0 Å². The summed E-state index contributed by atoms with van der Waals surface area (Å²) in [4.78, 5) is 20.2. The number of rotatable bonds is 2. The third-order valence-electron chi connectivity index (χ3n) is 5.60. The lowest BCUT2D eigenvalue weighted by atomic mass is 9.68. The highest BCUT2D eigenvalue weighted by atomic mass is 16.1. The fourth-order valence-electron chi connectivity index (χ4n) is 4.27. The Morgan fingerprint density at radius 1 is 1.04 bits per heavy atom. The summed E-state index contributed by atoms with van der Waals surface area (Å²) in [6.45, 7) is 4.32. The van der Waals surface area contributed by atoms with E-state index in [1.807, 2.05) is 38.4 Å². The number of hydrogen-bond acceptors (Lipinski definition) is 4. The van der Waals surface area contributed by atoms with Crippen LogP contribution >= 0.6 is 0 Å². The third kappa shape index (κ3) is 3.36. The number of benzene rings is 2. The zero-order valence-electron chi connectivity index (χ0n) is 16.5. The summed E-state index contributed by atoms with van der Waals surface area (Å²) in [6, 6.07) is 16.5. The van der Waals surface area contributed by atoms with Gasteiger partial charge in [-0.05, 0) is 41.7 Å². The summed E-state index contributed by atoms with van der Waals surface area (Å²) in [6.07, 6.45) is 1.45. The predicted octanol–water partition coefficient (Wildman–Crippen LogP) is 5.00. The van der Waals surface area contributed by atoms with E-state index in [0.29, 0.717) is 6.42 Å². The Morgan fingerprint density at radius 2 is 1.74 bits per heavy atom. The fourth-order valence-corrected chi connectivity index (χ4v) is 4.27. The van der Waals surface area contributed by atoms with Crippen LogP contribution in [0.5, 0.6) is 0 Å². The number of carbonyl (C=O) groups excluding carboxylic acids is 1. The van der Waals surface area contributed by atoms with Crippen LogP contribution in [0, 0.1) is 11.3 Å². The largest absolute Gasteiger partial charge is 0.378 e. The average molecular weight is 361 g/mol. The second kappa shape index (κ2) is 6.52. The van der Waals surface area contributed by atoms with Crippen LogP contribution in [0.25, 0.3) is 0 Å². The van der Waals surface area contributed by atoms with Crippen LogP contribution in [0.4, 0.5) is 17.1 Å². The second-order valence-corrected chi connectivity index (χ2v) is 8.69.